The van der Waals surface area contributed by atoms with Gasteiger partial charge in [-0.15, -0.1) is 0 Å². The Morgan fingerprint density at radius 3 is 2.19 bits per heavy atom. The maximum absolute atomic E-state index is 11.1. The first kappa shape index (κ1) is 17.9. The first-order valence-corrected chi connectivity index (χ1v) is 8.52. The molecule has 1 aromatic carbocycles. The van der Waals surface area contributed by atoms with E-state index < -0.39 is 10.0 Å². The van der Waals surface area contributed by atoms with Gasteiger partial charge in [0.2, 0.25) is 10.0 Å². The van der Waals surface area contributed by atoms with Crippen LogP contribution in [0.25, 0.3) is 0 Å². The molecule has 0 fully saturated rings. The third kappa shape index (κ3) is 5.65. The van der Waals surface area contributed by atoms with Gasteiger partial charge in [-0.05, 0) is 43.7 Å². The minimum Gasteiger partial charge on any atom is -0.492 e. The standard InChI is InChI=1S/C15H26N2O3S/c1-12(15(2,3)4)17(5)10-11-20-13-6-8-14(9-7-13)21(16,18)19/h6-9,12H,10-11H2,1-5H3,(H2,16,18,19). The molecule has 0 saturated heterocycles. The van der Waals surface area contributed by atoms with Crippen LogP contribution in [0.5, 0.6) is 5.75 Å². The van der Waals surface area contributed by atoms with E-state index in [1.54, 1.807) is 12.1 Å². The molecule has 0 radical (unpaired) electrons. The molecule has 0 aliphatic rings. The minimum absolute atomic E-state index is 0.0910. The number of nitrogens with zero attached hydrogens (tertiary/aromatic N) is 1. The number of ether oxygens (including phenoxy) is 1. The molecule has 0 amide bonds. The Bertz CT molecular complexity index is 547. The van der Waals surface area contributed by atoms with Crippen molar-refractivity contribution in [1.29, 1.82) is 0 Å². The fourth-order valence-electron chi connectivity index (χ4n) is 1.89. The van der Waals surface area contributed by atoms with Crippen molar-refractivity contribution in [2.24, 2.45) is 10.6 Å². The van der Waals surface area contributed by atoms with Crippen LogP contribution in [0, 0.1) is 5.41 Å². The Morgan fingerprint density at radius 2 is 1.76 bits per heavy atom. The van der Waals surface area contributed by atoms with Gasteiger partial charge in [-0.25, -0.2) is 13.6 Å². The van der Waals surface area contributed by atoms with Crippen LogP contribution in [0.3, 0.4) is 0 Å². The normalized spacial score (nSPS) is 14.2. The molecule has 1 unspecified atom stereocenters. The molecule has 0 aromatic heterocycles. The number of likely N-dealkylation sites (N-methyl/N-ethyl adjacent to an activating group) is 1. The second-order valence-electron chi connectivity index (χ2n) is 6.39. The monoisotopic (exact) mass is 314 g/mol. The average molecular weight is 314 g/mol. The predicted molar refractivity (Wildman–Crippen MR) is 84.9 cm³/mol. The molecule has 21 heavy (non-hydrogen) atoms. The summed E-state index contributed by atoms with van der Waals surface area (Å²) in [5.74, 6) is 0.638. The van der Waals surface area contributed by atoms with Crippen LogP contribution in [0.4, 0.5) is 0 Å². The van der Waals surface area contributed by atoms with Gasteiger partial charge < -0.3 is 4.74 Å². The summed E-state index contributed by atoms with van der Waals surface area (Å²) < 4.78 is 27.9. The maximum atomic E-state index is 11.1. The van der Waals surface area contributed by atoms with Gasteiger partial charge in [-0.2, -0.15) is 0 Å². The van der Waals surface area contributed by atoms with Crippen LogP contribution < -0.4 is 9.88 Å². The molecule has 2 N–H and O–H groups in total. The second kappa shape index (κ2) is 6.77. The quantitative estimate of drug-likeness (QED) is 0.872. The number of primary sulfonamides is 1. The summed E-state index contributed by atoms with van der Waals surface area (Å²) in [7, 11) is -1.57. The average Bonchev–Trinajstić information content (AvgIpc) is 2.36. The summed E-state index contributed by atoms with van der Waals surface area (Å²) >= 11 is 0. The number of benzene rings is 1. The zero-order valence-electron chi connectivity index (χ0n) is 13.5. The minimum atomic E-state index is -3.64. The largest absolute Gasteiger partial charge is 0.492 e. The topological polar surface area (TPSA) is 72.6 Å². The van der Waals surface area contributed by atoms with Crippen LogP contribution in [-0.4, -0.2) is 39.6 Å². The molecule has 0 spiro atoms. The fraction of sp³-hybridized carbons (Fsp3) is 0.600. The first-order chi connectivity index (χ1) is 9.51. The van der Waals surface area contributed by atoms with E-state index in [4.69, 9.17) is 9.88 Å². The van der Waals surface area contributed by atoms with E-state index in [1.807, 2.05) is 0 Å². The van der Waals surface area contributed by atoms with E-state index in [0.717, 1.165) is 6.54 Å². The number of hydrogen-bond donors (Lipinski definition) is 1. The fourth-order valence-corrected chi connectivity index (χ4v) is 2.40. The van der Waals surface area contributed by atoms with E-state index in [-0.39, 0.29) is 10.3 Å². The Kier molecular flexibility index (Phi) is 5.78. The summed E-state index contributed by atoms with van der Waals surface area (Å²) in [4.78, 5) is 2.34. The lowest BCUT2D eigenvalue weighted by atomic mass is 9.87. The van der Waals surface area contributed by atoms with E-state index in [9.17, 15) is 8.42 Å². The van der Waals surface area contributed by atoms with Crippen molar-refractivity contribution < 1.29 is 13.2 Å². The molecule has 5 nitrogen and oxygen atoms in total. The summed E-state index contributed by atoms with van der Waals surface area (Å²) in [6, 6.07) is 6.57. The summed E-state index contributed by atoms with van der Waals surface area (Å²) in [5, 5.41) is 5.05. The molecule has 1 rings (SSSR count). The highest BCUT2D eigenvalue weighted by Crippen LogP contribution is 2.22. The van der Waals surface area contributed by atoms with Crippen LogP contribution in [0.15, 0.2) is 29.2 Å². The summed E-state index contributed by atoms with van der Waals surface area (Å²) in [6.45, 7) is 10.2. The second-order valence-corrected chi connectivity index (χ2v) is 7.95. The number of hydrogen-bond acceptors (Lipinski definition) is 4. The van der Waals surface area contributed by atoms with Gasteiger partial charge in [-0.3, -0.25) is 4.90 Å². The molecule has 0 saturated carbocycles. The summed E-state index contributed by atoms with van der Waals surface area (Å²) in [6.07, 6.45) is 0. The molecule has 120 valence electrons. The van der Waals surface area contributed by atoms with Crippen LogP contribution in [0.2, 0.25) is 0 Å². The van der Waals surface area contributed by atoms with Crippen molar-refractivity contribution in [3.05, 3.63) is 24.3 Å². The number of rotatable bonds is 6. The third-order valence-corrected chi connectivity index (χ3v) is 4.71. The Hall–Kier alpha value is -1.11. The lowest BCUT2D eigenvalue weighted by Crippen LogP contribution is -2.41. The van der Waals surface area contributed by atoms with E-state index in [0.29, 0.717) is 18.4 Å². The van der Waals surface area contributed by atoms with Gasteiger partial charge >= 0.3 is 0 Å². The van der Waals surface area contributed by atoms with Crippen molar-refractivity contribution in [3.8, 4) is 5.75 Å². The lowest BCUT2D eigenvalue weighted by Gasteiger charge is -2.35. The van der Waals surface area contributed by atoms with Gasteiger partial charge in [0, 0.05) is 12.6 Å². The first-order valence-electron chi connectivity index (χ1n) is 6.97. The van der Waals surface area contributed by atoms with E-state index >= 15 is 0 Å². The van der Waals surface area contributed by atoms with Crippen LogP contribution in [-0.2, 0) is 10.0 Å². The van der Waals surface area contributed by atoms with Gasteiger partial charge in [-0.1, -0.05) is 20.8 Å². The van der Waals surface area contributed by atoms with Crippen LogP contribution in [0.1, 0.15) is 27.7 Å². The molecule has 0 aliphatic carbocycles. The zero-order chi connectivity index (χ0) is 16.3. The van der Waals surface area contributed by atoms with Crippen molar-refractivity contribution in [2.45, 2.75) is 38.6 Å². The van der Waals surface area contributed by atoms with Crippen molar-refractivity contribution in [2.75, 3.05) is 20.2 Å². The third-order valence-electron chi connectivity index (χ3n) is 3.78. The summed E-state index contributed by atoms with van der Waals surface area (Å²) in [5.41, 5.74) is 0.214. The lowest BCUT2D eigenvalue weighted by molar-refractivity contribution is 0.121. The van der Waals surface area contributed by atoms with Crippen LogP contribution >= 0.6 is 0 Å². The maximum Gasteiger partial charge on any atom is 0.238 e. The van der Waals surface area contributed by atoms with Gasteiger partial charge in [0.1, 0.15) is 12.4 Å². The van der Waals surface area contributed by atoms with Crippen molar-refractivity contribution in [1.82, 2.24) is 4.90 Å². The van der Waals surface area contributed by atoms with Gasteiger partial charge in [0.05, 0.1) is 4.90 Å². The van der Waals surface area contributed by atoms with Crippen molar-refractivity contribution in [3.63, 3.8) is 0 Å². The zero-order valence-corrected chi connectivity index (χ0v) is 14.3. The Morgan fingerprint density at radius 1 is 1.24 bits per heavy atom. The van der Waals surface area contributed by atoms with Gasteiger partial charge in [0.15, 0.2) is 0 Å². The van der Waals surface area contributed by atoms with Crippen molar-refractivity contribution >= 4 is 10.0 Å². The number of sulfonamides is 1. The highest BCUT2D eigenvalue weighted by Gasteiger charge is 2.23. The Balaban J connectivity index is 2.50. The molecule has 0 heterocycles. The van der Waals surface area contributed by atoms with Gasteiger partial charge in [0.25, 0.3) is 0 Å². The van der Waals surface area contributed by atoms with E-state index in [1.165, 1.54) is 12.1 Å². The highest BCUT2D eigenvalue weighted by molar-refractivity contribution is 7.89. The SMILES string of the molecule is CC(N(C)CCOc1ccc(S(N)(=O)=O)cc1)C(C)(C)C. The Labute approximate surface area is 128 Å². The molecule has 0 bridgehead atoms. The number of nitrogens with two attached hydrogens (primary N) is 1. The molecular weight excluding hydrogens is 288 g/mol. The molecular formula is C15H26N2O3S. The molecule has 0 aliphatic heterocycles. The molecule has 6 heteroatoms. The highest BCUT2D eigenvalue weighted by atomic mass is 32.2. The molecule has 1 aromatic rings. The molecule has 1 atom stereocenters. The predicted octanol–water partition coefficient (Wildman–Crippen LogP) is 2.08. The van der Waals surface area contributed by atoms with E-state index in [2.05, 4.69) is 39.6 Å². The smallest absolute Gasteiger partial charge is 0.238 e.